The van der Waals surface area contributed by atoms with Crippen LogP contribution >= 0.6 is 11.6 Å². The second-order valence-corrected chi connectivity index (χ2v) is 9.16. The minimum Gasteiger partial charge on any atom is -0.322 e. The highest BCUT2D eigenvalue weighted by Gasteiger charge is 2.22. The van der Waals surface area contributed by atoms with Crippen molar-refractivity contribution in [1.82, 2.24) is 9.21 Å². The minimum atomic E-state index is -3.74. The zero-order valence-electron chi connectivity index (χ0n) is 15.9. The Hall–Kier alpha value is -1.93. The molecule has 0 unspecified atom stereocenters. The van der Waals surface area contributed by atoms with E-state index in [1.165, 1.54) is 37.9 Å². The summed E-state index contributed by atoms with van der Waals surface area (Å²) in [6, 6.07) is 11.8. The van der Waals surface area contributed by atoms with Crippen LogP contribution in [0.3, 0.4) is 0 Å². The molecular formula is C19H24ClN3O3S. The Bertz CT molecular complexity index is 910. The summed E-state index contributed by atoms with van der Waals surface area (Å²) in [6.07, 6.45) is 0.921. The van der Waals surface area contributed by atoms with Crippen LogP contribution in [0.4, 0.5) is 5.69 Å². The van der Waals surface area contributed by atoms with E-state index < -0.39 is 15.9 Å². The number of amides is 1. The second-order valence-electron chi connectivity index (χ2n) is 6.64. The fraction of sp³-hybridized carbons (Fsp3) is 0.316. The van der Waals surface area contributed by atoms with Crippen molar-refractivity contribution in [2.75, 3.05) is 40.1 Å². The van der Waals surface area contributed by atoms with Crippen molar-refractivity contribution < 1.29 is 13.2 Å². The summed E-state index contributed by atoms with van der Waals surface area (Å²) in [4.78, 5) is 14.5. The molecular weight excluding hydrogens is 386 g/mol. The largest absolute Gasteiger partial charge is 0.322 e. The molecule has 0 aliphatic carbocycles. The molecule has 27 heavy (non-hydrogen) atoms. The lowest BCUT2D eigenvalue weighted by Gasteiger charge is -2.14. The molecule has 0 radical (unpaired) electrons. The topological polar surface area (TPSA) is 69.7 Å². The first-order valence-corrected chi connectivity index (χ1v) is 10.2. The van der Waals surface area contributed by atoms with Gasteiger partial charge in [0.2, 0.25) is 10.0 Å². The molecule has 0 aromatic heterocycles. The van der Waals surface area contributed by atoms with Crippen LogP contribution in [0.2, 0.25) is 5.02 Å². The minimum absolute atomic E-state index is 0.0745. The number of halogens is 1. The third-order valence-electron chi connectivity index (χ3n) is 4.01. The molecule has 1 amide bonds. The van der Waals surface area contributed by atoms with Gasteiger partial charge in [-0.3, -0.25) is 4.79 Å². The molecule has 0 fully saturated rings. The van der Waals surface area contributed by atoms with Gasteiger partial charge in [-0.25, -0.2) is 12.7 Å². The monoisotopic (exact) mass is 409 g/mol. The first-order chi connectivity index (χ1) is 12.6. The molecule has 0 aliphatic heterocycles. The zero-order valence-corrected chi connectivity index (χ0v) is 17.4. The normalized spacial score (nSPS) is 11.8. The average molecular weight is 410 g/mol. The molecule has 146 valence electrons. The summed E-state index contributed by atoms with van der Waals surface area (Å²) in [7, 11) is 3.13. The van der Waals surface area contributed by atoms with E-state index in [4.69, 9.17) is 11.6 Å². The van der Waals surface area contributed by atoms with Crippen molar-refractivity contribution in [3.63, 3.8) is 0 Å². The van der Waals surface area contributed by atoms with Crippen LogP contribution < -0.4 is 5.32 Å². The number of sulfonamides is 1. The number of anilines is 1. The fourth-order valence-corrected chi connectivity index (χ4v) is 3.74. The fourth-order valence-electron chi connectivity index (χ4n) is 2.35. The molecule has 0 spiro atoms. The Morgan fingerprint density at radius 2 is 1.67 bits per heavy atom. The first kappa shape index (κ1) is 21.4. The smallest absolute Gasteiger partial charge is 0.255 e. The maximum Gasteiger partial charge on any atom is 0.255 e. The lowest BCUT2D eigenvalue weighted by molar-refractivity contribution is 0.102. The third kappa shape index (κ3) is 5.52. The van der Waals surface area contributed by atoms with Gasteiger partial charge in [-0.2, -0.15) is 0 Å². The van der Waals surface area contributed by atoms with Gasteiger partial charge in [0.25, 0.3) is 5.91 Å². The van der Waals surface area contributed by atoms with Crippen LogP contribution in [-0.2, 0) is 16.4 Å². The van der Waals surface area contributed by atoms with Crippen LogP contribution in [0.1, 0.15) is 15.9 Å². The van der Waals surface area contributed by atoms with Crippen molar-refractivity contribution in [3.8, 4) is 0 Å². The summed E-state index contributed by atoms with van der Waals surface area (Å²) >= 11 is 6.02. The van der Waals surface area contributed by atoms with Gasteiger partial charge in [-0.1, -0.05) is 23.7 Å². The van der Waals surface area contributed by atoms with E-state index in [9.17, 15) is 13.2 Å². The molecule has 2 aromatic carbocycles. The predicted molar refractivity (Wildman–Crippen MR) is 109 cm³/mol. The quantitative estimate of drug-likeness (QED) is 0.763. The molecule has 0 saturated carbocycles. The first-order valence-electron chi connectivity index (χ1n) is 8.38. The van der Waals surface area contributed by atoms with Crippen molar-refractivity contribution in [2.45, 2.75) is 11.3 Å². The Labute approximate surface area is 165 Å². The zero-order chi connectivity index (χ0) is 20.2. The summed E-state index contributed by atoms with van der Waals surface area (Å²) in [5.74, 6) is -0.400. The van der Waals surface area contributed by atoms with Gasteiger partial charge < -0.3 is 10.2 Å². The summed E-state index contributed by atoms with van der Waals surface area (Å²) in [5.41, 5.74) is 2.03. The summed E-state index contributed by atoms with van der Waals surface area (Å²) in [5, 5.41) is 2.85. The maximum absolute atomic E-state index is 12.5. The van der Waals surface area contributed by atoms with Crippen molar-refractivity contribution in [1.29, 1.82) is 0 Å². The molecule has 6 nitrogen and oxygen atoms in total. The summed E-state index contributed by atoms with van der Waals surface area (Å²) < 4.78 is 25.7. The number of carbonyl (C=O) groups excluding carboxylic acids is 1. The average Bonchev–Trinajstić information content (AvgIpc) is 2.61. The second kappa shape index (κ2) is 8.84. The number of hydrogen-bond donors (Lipinski definition) is 1. The molecule has 2 aromatic rings. The number of nitrogens with zero attached hydrogens (tertiary/aromatic N) is 2. The van der Waals surface area contributed by atoms with Crippen molar-refractivity contribution >= 4 is 33.2 Å². The number of carbonyl (C=O) groups is 1. The molecule has 0 aliphatic rings. The van der Waals surface area contributed by atoms with Gasteiger partial charge in [-0.05, 0) is 56.4 Å². The van der Waals surface area contributed by atoms with E-state index in [2.05, 4.69) is 10.2 Å². The predicted octanol–water partition coefficient (Wildman–Crippen LogP) is 2.95. The van der Waals surface area contributed by atoms with Crippen molar-refractivity contribution in [3.05, 3.63) is 58.6 Å². The van der Waals surface area contributed by atoms with Crippen LogP contribution in [0.5, 0.6) is 0 Å². The Morgan fingerprint density at radius 1 is 1.04 bits per heavy atom. The maximum atomic E-state index is 12.5. The highest BCUT2D eigenvalue weighted by atomic mass is 35.5. The van der Waals surface area contributed by atoms with Crippen LogP contribution in [-0.4, -0.2) is 58.3 Å². The van der Waals surface area contributed by atoms with E-state index in [0.717, 1.165) is 17.3 Å². The van der Waals surface area contributed by atoms with Crippen LogP contribution in [0.25, 0.3) is 0 Å². The van der Waals surface area contributed by atoms with Crippen LogP contribution in [0.15, 0.2) is 47.4 Å². The number of nitrogens with one attached hydrogen (secondary N) is 1. The summed E-state index contributed by atoms with van der Waals surface area (Å²) in [6.45, 7) is 0.944. The van der Waals surface area contributed by atoms with Gasteiger partial charge in [0.15, 0.2) is 0 Å². The Kier molecular flexibility index (Phi) is 7.00. The highest BCUT2D eigenvalue weighted by molar-refractivity contribution is 7.89. The lowest BCUT2D eigenvalue weighted by Crippen LogP contribution is -2.23. The number of rotatable bonds is 7. The van der Waals surface area contributed by atoms with Gasteiger partial charge in [-0.15, -0.1) is 0 Å². The molecule has 0 heterocycles. The van der Waals surface area contributed by atoms with Crippen LogP contribution in [0, 0.1) is 0 Å². The Balaban J connectivity index is 2.17. The number of likely N-dealkylation sites (N-methyl/N-ethyl adjacent to an activating group) is 1. The number of hydrogen-bond acceptors (Lipinski definition) is 4. The van der Waals surface area contributed by atoms with E-state index in [-0.39, 0.29) is 15.5 Å². The van der Waals surface area contributed by atoms with E-state index >= 15 is 0 Å². The molecule has 0 bridgehead atoms. The van der Waals surface area contributed by atoms with E-state index in [1.807, 2.05) is 38.4 Å². The molecule has 1 N–H and O–H groups in total. The highest BCUT2D eigenvalue weighted by Crippen LogP contribution is 2.25. The standard InChI is InChI=1S/C19H24ClN3O3S/c1-22(2)12-11-14-5-8-16(9-6-14)21-19(24)15-7-10-17(20)18(13-15)27(25,26)23(3)4/h5-10,13H,11-12H2,1-4H3,(H,21,24). The van der Waals surface area contributed by atoms with E-state index in [1.54, 1.807) is 0 Å². The molecule has 2 rings (SSSR count). The van der Waals surface area contributed by atoms with E-state index in [0.29, 0.717) is 5.69 Å². The molecule has 0 atom stereocenters. The third-order valence-corrected chi connectivity index (χ3v) is 6.31. The van der Waals surface area contributed by atoms with Gasteiger partial charge in [0.1, 0.15) is 4.90 Å². The molecule has 8 heteroatoms. The molecule has 0 saturated heterocycles. The van der Waals surface area contributed by atoms with Gasteiger partial charge >= 0.3 is 0 Å². The van der Waals surface area contributed by atoms with Gasteiger partial charge in [0, 0.05) is 31.9 Å². The SMILES string of the molecule is CN(C)CCc1ccc(NC(=O)c2ccc(Cl)c(S(=O)(=O)N(C)C)c2)cc1. The van der Waals surface area contributed by atoms with Crippen molar-refractivity contribution in [2.24, 2.45) is 0 Å². The number of benzene rings is 2. The van der Waals surface area contributed by atoms with Gasteiger partial charge in [0.05, 0.1) is 5.02 Å². The lowest BCUT2D eigenvalue weighted by atomic mass is 10.1. The Morgan fingerprint density at radius 3 is 2.22 bits per heavy atom.